The standard InChI is InChI=1S/C64H110O6/c1-4-7-10-13-16-19-22-25-28-30-32-34-36-39-42-45-48-51-54-57-63(66)69-60-61(59-68-62(65)56-53-50-47-44-41-38-27-24-21-18-15-12-9-6-3)70-64(67)58-55-52-49-46-43-40-37-35-33-31-29-26-23-20-17-14-11-8-5-2/h7-8,10-11,16-17,19-20,25-26,28-29,38,41,61H,4-6,9,12-15,18,21-24,27,30-37,39-40,42-60H2,1-3H3/b10-7-,11-8-,19-16-,20-17-,28-25-,29-26-,41-38-. The summed E-state index contributed by atoms with van der Waals surface area (Å²) in [5, 5.41) is 0. The van der Waals surface area contributed by atoms with Crippen molar-refractivity contribution in [1.82, 2.24) is 0 Å². The monoisotopic (exact) mass is 975 g/mol. The van der Waals surface area contributed by atoms with Crippen molar-refractivity contribution in [3.63, 3.8) is 0 Å². The molecule has 0 saturated carbocycles. The second-order valence-corrected chi connectivity index (χ2v) is 19.5. The number of allylic oxidation sites excluding steroid dienone is 14. The summed E-state index contributed by atoms with van der Waals surface area (Å²) in [7, 11) is 0. The highest BCUT2D eigenvalue weighted by Gasteiger charge is 2.19. The van der Waals surface area contributed by atoms with E-state index < -0.39 is 6.10 Å². The molecule has 70 heavy (non-hydrogen) atoms. The third-order valence-corrected chi connectivity index (χ3v) is 12.6. The van der Waals surface area contributed by atoms with Gasteiger partial charge in [-0.05, 0) is 109 Å². The van der Waals surface area contributed by atoms with Crippen LogP contribution in [0.1, 0.15) is 284 Å². The van der Waals surface area contributed by atoms with Crippen LogP contribution >= 0.6 is 0 Å². The summed E-state index contributed by atoms with van der Waals surface area (Å²) in [4.78, 5) is 38.2. The van der Waals surface area contributed by atoms with Gasteiger partial charge in [0.25, 0.3) is 0 Å². The Morgan fingerprint density at radius 2 is 0.557 bits per heavy atom. The van der Waals surface area contributed by atoms with Crippen LogP contribution in [0.15, 0.2) is 85.1 Å². The van der Waals surface area contributed by atoms with Gasteiger partial charge in [-0.15, -0.1) is 0 Å². The smallest absolute Gasteiger partial charge is 0.306 e. The lowest BCUT2D eigenvalue weighted by Gasteiger charge is -2.18. The van der Waals surface area contributed by atoms with E-state index >= 15 is 0 Å². The third-order valence-electron chi connectivity index (χ3n) is 12.6. The SMILES string of the molecule is CC/C=C\C/C=C\C/C=C\CCCCCCCCCCCC(=O)OCC(COC(=O)CCCCC/C=C\CCCCCCCCC)OC(=O)CCCCCCCCCCC/C=C\C/C=C\C/C=C\CC. The Kier molecular flexibility index (Phi) is 55.3. The van der Waals surface area contributed by atoms with Gasteiger partial charge in [-0.3, -0.25) is 14.4 Å². The second kappa shape index (κ2) is 58.2. The zero-order chi connectivity index (χ0) is 50.7. The Bertz CT molecular complexity index is 1350. The molecule has 1 unspecified atom stereocenters. The molecule has 0 aromatic rings. The van der Waals surface area contributed by atoms with Crippen molar-refractivity contribution in [1.29, 1.82) is 0 Å². The molecule has 0 saturated heterocycles. The fourth-order valence-corrected chi connectivity index (χ4v) is 8.23. The molecule has 0 aromatic heterocycles. The highest BCUT2D eigenvalue weighted by Crippen LogP contribution is 2.15. The summed E-state index contributed by atoms with van der Waals surface area (Å²) in [6, 6.07) is 0. The van der Waals surface area contributed by atoms with Crippen LogP contribution in [0.2, 0.25) is 0 Å². The number of esters is 3. The summed E-state index contributed by atoms with van der Waals surface area (Å²) >= 11 is 0. The molecule has 0 spiro atoms. The molecule has 0 N–H and O–H groups in total. The van der Waals surface area contributed by atoms with Crippen LogP contribution in [0.4, 0.5) is 0 Å². The van der Waals surface area contributed by atoms with Gasteiger partial charge in [0.15, 0.2) is 6.10 Å². The van der Waals surface area contributed by atoms with Gasteiger partial charge >= 0.3 is 17.9 Å². The summed E-state index contributed by atoms with van der Waals surface area (Å²) in [6.45, 7) is 6.42. The minimum absolute atomic E-state index is 0.0857. The van der Waals surface area contributed by atoms with Gasteiger partial charge in [0.2, 0.25) is 0 Å². The lowest BCUT2D eigenvalue weighted by molar-refractivity contribution is -0.167. The predicted molar refractivity (Wildman–Crippen MR) is 302 cm³/mol. The molecule has 0 fully saturated rings. The van der Waals surface area contributed by atoms with E-state index in [0.717, 1.165) is 109 Å². The number of hydrogen-bond acceptors (Lipinski definition) is 6. The fraction of sp³-hybridized carbons (Fsp3) is 0.734. The molecule has 0 aliphatic rings. The maximum atomic E-state index is 12.9. The third kappa shape index (κ3) is 55.5. The van der Waals surface area contributed by atoms with Gasteiger partial charge < -0.3 is 14.2 Å². The lowest BCUT2D eigenvalue weighted by atomic mass is 10.1. The van der Waals surface area contributed by atoms with E-state index in [1.54, 1.807) is 0 Å². The molecule has 1 atom stereocenters. The van der Waals surface area contributed by atoms with Crippen molar-refractivity contribution in [2.45, 2.75) is 290 Å². The van der Waals surface area contributed by atoms with Crippen LogP contribution in [0.5, 0.6) is 0 Å². The zero-order valence-corrected chi connectivity index (χ0v) is 46.0. The van der Waals surface area contributed by atoms with Crippen LogP contribution in [-0.4, -0.2) is 37.2 Å². The molecular weight excluding hydrogens is 865 g/mol. The van der Waals surface area contributed by atoms with Crippen molar-refractivity contribution in [3.8, 4) is 0 Å². The molecular formula is C64H110O6. The fourth-order valence-electron chi connectivity index (χ4n) is 8.23. The normalized spacial score (nSPS) is 12.7. The van der Waals surface area contributed by atoms with Crippen molar-refractivity contribution in [3.05, 3.63) is 85.1 Å². The molecule has 0 aliphatic heterocycles. The maximum absolute atomic E-state index is 12.9. The molecule has 0 heterocycles. The number of ether oxygens (including phenoxy) is 3. The average molecular weight is 976 g/mol. The molecule has 6 heteroatoms. The van der Waals surface area contributed by atoms with E-state index in [-0.39, 0.29) is 31.1 Å². The number of rotatable bonds is 53. The van der Waals surface area contributed by atoms with Gasteiger partial charge in [-0.2, -0.15) is 0 Å². The van der Waals surface area contributed by atoms with Gasteiger partial charge in [0, 0.05) is 19.3 Å². The van der Waals surface area contributed by atoms with Crippen molar-refractivity contribution < 1.29 is 28.6 Å². The van der Waals surface area contributed by atoms with Gasteiger partial charge in [-0.25, -0.2) is 0 Å². The first-order valence-corrected chi connectivity index (χ1v) is 29.6. The highest BCUT2D eigenvalue weighted by molar-refractivity contribution is 5.71. The Morgan fingerprint density at radius 3 is 0.900 bits per heavy atom. The molecule has 402 valence electrons. The first kappa shape index (κ1) is 66.6. The Balaban J connectivity index is 4.39. The molecule has 0 aliphatic carbocycles. The average Bonchev–Trinajstić information content (AvgIpc) is 3.36. The van der Waals surface area contributed by atoms with Crippen molar-refractivity contribution >= 4 is 17.9 Å². The second-order valence-electron chi connectivity index (χ2n) is 19.5. The molecule has 0 bridgehead atoms. The first-order valence-electron chi connectivity index (χ1n) is 29.6. The molecule has 0 radical (unpaired) electrons. The molecule has 0 rings (SSSR count). The quantitative estimate of drug-likeness (QED) is 0.0261. The van der Waals surface area contributed by atoms with Crippen LogP contribution in [0, 0.1) is 0 Å². The maximum Gasteiger partial charge on any atom is 0.306 e. The van der Waals surface area contributed by atoms with E-state index in [4.69, 9.17) is 14.2 Å². The minimum atomic E-state index is -0.789. The van der Waals surface area contributed by atoms with Crippen LogP contribution in [0.3, 0.4) is 0 Å². The van der Waals surface area contributed by atoms with Crippen LogP contribution in [-0.2, 0) is 28.6 Å². The van der Waals surface area contributed by atoms with E-state index in [1.807, 2.05) is 0 Å². The van der Waals surface area contributed by atoms with Gasteiger partial charge in [0.05, 0.1) is 0 Å². The summed E-state index contributed by atoms with van der Waals surface area (Å²) in [6.07, 6.45) is 75.7. The first-order chi connectivity index (χ1) is 34.5. The van der Waals surface area contributed by atoms with Crippen LogP contribution in [0.25, 0.3) is 0 Å². The Morgan fingerprint density at radius 1 is 0.300 bits per heavy atom. The summed E-state index contributed by atoms with van der Waals surface area (Å²) in [5.41, 5.74) is 0. The van der Waals surface area contributed by atoms with E-state index in [9.17, 15) is 14.4 Å². The molecule has 0 aromatic carbocycles. The zero-order valence-electron chi connectivity index (χ0n) is 46.0. The Hall–Kier alpha value is -3.41. The highest BCUT2D eigenvalue weighted by atomic mass is 16.6. The van der Waals surface area contributed by atoms with E-state index in [2.05, 4.69) is 106 Å². The topological polar surface area (TPSA) is 78.9 Å². The molecule has 0 amide bonds. The van der Waals surface area contributed by atoms with Crippen molar-refractivity contribution in [2.75, 3.05) is 13.2 Å². The molecule has 6 nitrogen and oxygen atoms in total. The summed E-state index contributed by atoms with van der Waals surface area (Å²) in [5.74, 6) is -0.904. The van der Waals surface area contributed by atoms with Gasteiger partial charge in [0.1, 0.15) is 13.2 Å². The number of carbonyl (C=O) groups is 3. The predicted octanol–water partition coefficient (Wildman–Crippen LogP) is 19.9. The number of carbonyl (C=O) groups excluding carboxylic acids is 3. The largest absolute Gasteiger partial charge is 0.462 e. The van der Waals surface area contributed by atoms with E-state index in [1.165, 1.54) is 135 Å². The van der Waals surface area contributed by atoms with Gasteiger partial charge in [-0.1, -0.05) is 241 Å². The summed E-state index contributed by atoms with van der Waals surface area (Å²) < 4.78 is 16.9. The number of unbranched alkanes of at least 4 members (excludes halogenated alkanes) is 28. The van der Waals surface area contributed by atoms with Crippen molar-refractivity contribution in [2.24, 2.45) is 0 Å². The number of hydrogen-bond donors (Lipinski definition) is 0. The lowest BCUT2D eigenvalue weighted by Crippen LogP contribution is -2.30. The minimum Gasteiger partial charge on any atom is -0.462 e. The van der Waals surface area contributed by atoms with E-state index in [0.29, 0.717) is 19.3 Å². The van der Waals surface area contributed by atoms with Crippen LogP contribution < -0.4 is 0 Å². The Labute approximate surface area is 433 Å².